The number of benzene rings is 1. The second-order valence-corrected chi connectivity index (χ2v) is 4.74. The zero-order chi connectivity index (χ0) is 13.0. The van der Waals surface area contributed by atoms with Crippen LogP contribution >= 0.6 is 0 Å². The lowest BCUT2D eigenvalue weighted by atomic mass is 10.0. The molecule has 4 heteroatoms. The summed E-state index contributed by atoms with van der Waals surface area (Å²) in [6.07, 6.45) is 2.24. The van der Waals surface area contributed by atoms with Gasteiger partial charge in [-0.05, 0) is 37.0 Å². The Morgan fingerprint density at radius 3 is 3.06 bits per heavy atom. The van der Waals surface area contributed by atoms with Crippen LogP contribution in [0.5, 0.6) is 0 Å². The van der Waals surface area contributed by atoms with E-state index in [1.54, 1.807) is 6.07 Å². The molecule has 18 heavy (non-hydrogen) atoms. The third kappa shape index (κ3) is 2.99. The number of anilines is 1. The summed E-state index contributed by atoms with van der Waals surface area (Å²) in [5, 5.41) is 9.03. The summed E-state index contributed by atoms with van der Waals surface area (Å²) < 4.78 is 18.5. The molecule has 1 fully saturated rings. The van der Waals surface area contributed by atoms with Crippen LogP contribution in [0.25, 0.3) is 0 Å². The maximum atomic E-state index is 13.1. The van der Waals surface area contributed by atoms with E-state index in [1.807, 2.05) is 18.0 Å². The molecule has 0 radical (unpaired) electrons. The number of hydrogen-bond donors (Lipinski definition) is 0. The van der Waals surface area contributed by atoms with Crippen molar-refractivity contribution >= 4 is 5.69 Å². The van der Waals surface area contributed by atoms with Crippen LogP contribution in [-0.2, 0) is 4.74 Å². The summed E-state index contributed by atoms with van der Waals surface area (Å²) in [6, 6.07) is 6.38. The van der Waals surface area contributed by atoms with Crippen molar-refractivity contribution in [2.24, 2.45) is 5.92 Å². The lowest BCUT2D eigenvalue weighted by Crippen LogP contribution is -2.31. The van der Waals surface area contributed by atoms with Gasteiger partial charge in [0.2, 0.25) is 0 Å². The molecule has 0 spiro atoms. The first-order valence-corrected chi connectivity index (χ1v) is 6.19. The summed E-state index contributed by atoms with van der Waals surface area (Å²) in [4.78, 5) is 2.01. The fourth-order valence-corrected chi connectivity index (χ4v) is 2.37. The van der Waals surface area contributed by atoms with Gasteiger partial charge < -0.3 is 9.64 Å². The molecule has 3 nitrogen and oxygen atoms in total. The molecule has 0 saturated carbocycles. The van der Waals surface area contributed by atoms with Crippen LogP contribution in [0.2, 0.25) is 0 Å². The fourth-order valence-electron chi connectivity index (χ4n) is 2.37. The Balaban J connectivity index is 2.08. The van der Waals surface area contributed by atoms with Gasteiger partial charge in [-0.2, -0.15) is 5.26 Å². The second kappa shape index (κ2) is 5.83. The fraction of sp³-hybridized carbons (Fsp3) is 0.500. The zero-order valence-corrected chi connectivity index (χ0v) is 10.5. The summed E-state index contributed by atoms with van der Waals surface area (Å²) in [5.41, 5.74) is 1.17. The van der Waals surface area contributed by atoms with Crippen molar-refractivity contribution in [3.63, 3.8) is 0 Å². The van der Waals surface area contributed by atoms with E-state index in [0.29, 0.717) is 11.5 Å². The number of nitriles is 1. The number of rotatable bonds is 3. The molecule has 1 atom stereocenters. The molecule has 0 amide bonds. The molecule has 0 aliphatic carbocycles. The molecule has 0 aromatic heterocycles. The van der Waals surface area contributed by atoms with Gasteiger partial charge in [-0.15, -0.1) is 0 Å². The highest BCUT2D eigenvalue weighted by Gasteiger charge is 2.17. The third-order valence-electron chi connectivity index (χ3n) is 3.28. The van der Waals surface area contributed by atoms with Gasteiger partial charge >= 0.3 is 0 Å². The molecule has 2 rings (SSSR count). The minimum atomic E-state index is -0.371. The average Bonchev–Trinajstić information content (AvgIpc) is 2.39. The third-order valence-corrected chi connectivity index (χ3v) is 3.28. The maximum absolute atomic E-state index is 13.1. The first-order valence-electron chi connectivity index (χ1n) is 6.19. The van der Waals surface area contributed by atoms with Gasteiger partial charge in [0.25, 0.3) is 0 Å². The van der Waals surface area contributed by atoms with Gasteiger partial charge in [-0.3, -0.25) is 0 Å². The summed E-state index contributed by atoms with van der Waals surface area (Å²) in [6.45, 7) is 2.45. The van der Waals surface area contributed by atoms with E-state index >= 15 is 0 Å². The molecule has 1 aliphatic heterocycles. The minimum Gasteiger partial charge on any atom is -0.381 e. The number of nitrogens with zero attached hydrogens (tertiary/aromatic N) is 2. The largest absolute Gasteiger partial charge is 0.381 e. The van der Waals surface area contributed by atoms with E-state index in [4.69, 9.17) is 10.00 Å². The van der Waals surface area contributed by atoms with Crippen molar-refractivity contribution in [3.8, 4) is 6.07 Å². The lowest BCUT2D eigenvalue weighted by Gasteiger charge is -2.28. The number of hydrogen-bond acceptors (Lipinski definition) is 3. The normalized spacial score (nSPS) is 19.3. The Bertz CT molecular complexity index is 450. The van der Waals surface area contributed by atoms with E-state index < -0.39 is 0 Å². The van der Waals surface area contributed by atoms with Gasteiger partial charge in [0.05, 0.1) is 17.9 Å². The Morgan fingerprint density at radius 1 is 1.56 bits per heavy atom. The first-order chi connectivity index (χ1) is 8.70. The molecule has 0 bridgehead atoms. The average molecular weight is 248 g/mol. The van der Waals surface area contributed by atoms with Crippen LogP contribution in [0.1, 0.15) is 18.4 Å². The highest BCUT2D eigenvalue weighted by atomic mass is 19.1. The van der Waals surface area contributed by atoms with Crippen molar-refractivity contribution in [3.05, 3.63) is 29.6 Å². The molecule has 1 unspecified atom stereocenters. The molecule has 1 heterocycles. The van der Waals surface area contributed by atoms with Gasteiger partial charge in [0, 0.05) is 20.2 Å². The van der Waals surface area contributed by atoms with E-state index in [-0.39, 0.29) is 5.82 Å². The zero-order valence-electron chi connectivity index (χ0n) is 10.5. The van der Waals surface area contributed by atoms with Crippen LogP contribution in [0.3, 0.4) is 0 Å². The van der Waals surface area contributed by atoms with E-state index in [0.717, 1.165) is 38.3 Å². The molecule has 1 saturated heterocycles. The second-order valence-electron chi connectivity index (χ2n) is 4.74. The van der Waals surface area contributed by atoms with E-state index in [1.165, 1.54) is 12.1 Å². The molecule has 1 aliphatic rings. The van der Waals surface area contributed by atoms with E-state index in [2.05, 4.69) is 0 Å². The smallest absolute Gasteiger partial charge is 0.124 e. The van der Waals surface area contributed by atoms with Gasteiger partial charge in [0.1, 0.15) is 11.9 Å². The molecule has 1 aromatic carbocycles. The van der Waals surface area contributed by atoms with Crippen molar-refractivity contribution in [1.82, 2.24) is 0 Å². The van der Waals surface area contributed by atoms with Crippen molar-refractivity contribution in [1.29, 1.82) is 5.26 Å². The van der Waals surface area contributed by atoms with Crippen molar-refractivity contribution in [2.75, 3.05) is 31.7 Å². The van der Waals surface area contributed by atoms with Crippen LogP contribution in [-0.4, -0.2) is 26.8 Å². The maximum Gasteiger partial charge on any atom is 0.124 e. The molecule has 96 valence electrons. The Morgan fingerprint density at radius 2 is 2.39 bits per heavy atom. The standard InChI is InChI=1S/C14H17FN2O/c1-17(9-11-3-2-6-18-10-11)14-5-4-13(15)7-12(14)8-16/h4-5,7,11H,2-3,6,9-10H2,1H3. The number of halogens is 1. The van der Waals surface area contributed by atoms with E-state index in [9.17, 15) is 4.39 Å². The predicted octanol–water partition coefficient (Wildman–Crippen LogP) is 2.56. The molecule has 1 aromatic rings. The Kier molecular flexibility index (Phi) is 4.16. The van der Waals surface area contributed by atoms with Crippen molar-refractivity contribution < 1.29 is 9.13 Å². The summed E-state index contributed by atoms with van der Waals surface area (Å²) in [5.74, 6) is 0.116. The summed E-state index contributed by atoms with van der Waals surface area (Å²) in [7, 11) is 1.93. The summed E-state index contributed by atoms with van der Waals surface area (Å²) >= 11 is 0. The van der Waals surface area contributed by atoms with Crippen LogP contribution < -0.4 is 4.90 Å². The SMILES string of the molecule is CN(CC1CCCOC1)c1ccc(F)cc1C#N. The Hall–Kier alpha value is -1.60. The molecular formula is C14H17FN2O. The lowest BCUT2D eigenvalue weighted by molar-refractivity contribution is 0.0576. The number of ether oxygens (including phenoxy) is 1. The van der Waals surface area contributed by atoms with Crippen molar-refractivity contribution in [2.45, 2.75) is 12.8 Å². The minimum absolute atomic E-state index is 0.371. The highest BCUT2D eigenvalue weighted by molar-refractivity contribution is 5.58. The van der Waals surface area contributed by atoms with Gasteiger partial charge in [0.15, 0.2) is 0 Å². The van der Waals surface area contributed by atoms with Crippen LogP contribution in [0.4, 0.5) is 10.1 Å². The van der Waals surface area contributed by atoms with Gasteiger partial charge in [-0.25, -0.2) is 4.39 Å². The van der Waals surface area contributed by atoms with Crippen LogP contribution in [0.15, 0.2) is 18.2 Å². The molecular weight excluding hydrogens is 231 g/mol. The quantitative estimate of drug-likeness (QED) is 0.824. The Labute approximate surface area is 107 Å². The van der Waals surface area contributed by atoms with Crippen LogP contribution in [0, 0.1) is 23.1 Å². The monoisotopic (exact) mass is 248 g/mol. The highest BCUT2D eigenvalue weighted by Crippen LogP contribution is 2.23. The first kappa shape index (κ1) is 12.8. The topological polar surface area (TPSA) is 36.3 Å². The molecule has 0 N–H and O–H groups in total. The van der Waals surface area contributed by atoms with Gasteiger partial charge in [-0.1, -0.05) is 0 Å². The predicted molar refractivity (Wildman–Crippen MR) is 67.9 cm³/mol.